The second-order valence-electron chi connectivity index (χ2n) is 4.12. The van der Waals surface area contributed by atoms with E-state index < -0.39 is 9.84 Å². The molecule has 3 nitrogen and oxygen atoms in total. The molecule has 0 saturated carbocycles. The van der Waals surface area contributed by atoms with Crippen molar-refractivity contribution in [3.63, 3.8) is 0 Å². The number of hydrogen-bond acceptors (Lipinski definition) is 3. The lowest BCUT2D eigenvalue weighted by Crippen LogP contribution is -2.27. The van der Waals surface area contributed by atoms with E-state index >= 15 is 0 Å². The molecule has 1 rings (SSSR count). The highest BCUT2D eigenvalue weighted by Gasteiger charge is 2.29. The lowest BCUT2D eigenvalue weighted by molar-refractivity contribution is 0.431. The molecule has 0 aliphatic carbocycles. The first kappa shape index (κ1) is 12.5. The zero-order valence-corrected chi connectivity index (χ0v) is 10.2. The van der Waals surface area contributed by atoms with E-state index in [0.717, 1.165) is 19.3 Å². The summed E-state index contributed by atoms with van der Waals surface area (Å²) in [7, 11) is -0.825. The lowest BCUT2D eigenvalue weighted by atomic mass is 9.98. The minimum Gasteiger partial charge on any atom is -0.316 e. The zero-order chi connectivity index (χ0) is 11.3. The van der Waals surface area contributed by atoms with E-state index in [-0.39, 0.29) is 0 Å². The van der Waals surface area contributed by atoms with Gasteiger partial charge in [0.15, 0.2) is 9.84 Å². The summed E-state index contributed by atoms with van der Waals surface area (Å²) in [6.07, 6.45) is 2.55. The van der Waals surface area contributed by atoms with Crippen LogP contribution in [0.25, 0.3) is 0 Å². The van der Waals surface area contributed by atoms with Gasteiger partial charge in [-0.05, 0) is 32.7 Å². The van der Waals surface area contributed by atoms with Gasteiger partial charge >= 0.3 is 0 Å². The predicted octanol–water partition coefficient (Wildman–Crippen LogP) is 0.813. The van der Waals surface area contributed by atoms with Gasteiger partial charge in [-0.1, -0.05) is 0 Å². The molecule has 0 amide bonds. The van der Waals surface area contributed by atoms with Crippen molar-refractivity contribution in [2.75, 3.05) is 18.6 Å². The molecule has 0 aromatic carbocycles. The molecule has 1 aliphatic heterocycles. The van der Waals surface area contributed by atoms with Gasteiger partial charge in [0.2, 0.25) is 0 Å². The lowest BCUT2D eigenvalue weighted by Gasteiger charge is -2.16. The first-order chi connectivity index (χ1) is 7.07. The van der Waals surface area contributed by atoms with Gasteiger partial charge < -0.3 is 5.32 Å². The maximum absolute atomic E-state index is 11.3. The Bertz CT molecular complexity index is 351. The van der Waals surface area contributed by atoms with Crippen molar-refractivity contribution >= 4 is 9.84 Å². The van der Waals surface area contributed by atoms with Crippen LogP contribution in [0.5, 0.6) is 0 Å². The fourth-order valence-electron chi connectivity index (χ4n) is 1.99. The molecule has 86 valence electrons. The Morgan fingerprint density at radius 2 is 2.27 bits per heavy atom. The molecule has 1 fully saturated rings. The molecule has 1 aliphatic rings. The fourth-order valence-corrected chi connectivity index (χ4v) is 3.87. The molecular formula is C11H19NO2S. The summed E-state index contributed by atoms with van der Waals surface area (Å²) in [5, 5.41) is 3.19. The second-order valence-corrected chi connectivity index (χ2v) is 6.35. The van der Waals surface area contributed by atoms with Gasteiger partial charge in [-0.3, -0.25) is 0 Å². The third-order valence-corrected chi connectivity index (χ3v) is 4.72. The molecule has 2 atom stereocenters. The number of hydrogen-bond donors (Lipinski definition) is 1. The first-order valence-electron chi connectivity index (χ1n) is 5.34. The summed E-state index contributed by atoms with van der Waals surface area (Å²) in [4.78, 5) is 0. The molecule has 1 N–H and O–H groups in total. The first-order valence-corrected chi connectivity index (χ1v) is 7.17. The van der Waals surface area contributed by atoms with Gasteiger partial charge in [0.05, 0.1) is 11.5 Å². The van der Waals surface area contributed by atoms with E-state index in [0.29, 0.717) is 23.5 Å². The molecule has 0 radical (unpaired) electrons. The second kappa shape index (κ2) is 5.53. The zero-order valence-electron chi connectivity index (χ0n) is 9.41. The van der Waals surface area contributed by atoms with Crippen LogP contribution in [0.3, 0.4) is 0 Å². The number of nitrogens with one attached hydrogen (secondary N) is 1. The van der Waals surface area contributed by atoms with Crippen LogP contribution in [0.4, 0.5) is 0 Å². The predicted molar refractivity (Wildman–Crippen MR) is 62.3 cm³/mol. The summed E-state index contributed by atoms with van der Waals surface area (Å²) in [5.74, 6) is 6.96. The third kappa shape index (κ3) is 4.23. The Balaban J connectivity index is 2.42. The Hall–Kier alpha value is -0.530. The molecule has 0 bridgehead atoms. The molecule has 2 unspecified atom stereocenters. The minimum absolute atomic E-state index is 0.325. The highest BCUT2D eigenvalue weighted by Crippen LogP contribution is 2.23. The third-order valence-electron chi connectivity index (χ3n) is 2.88. The highest BCUT2D eigenvalue weighted by atomic mass is 32.2. The minimum atomic E-state index is -2.73. The molecule has 0 aromatic heterocycles. The van der Waals surface area contributed by atoms with Crippen LogP contribution in [-0.2, 0) is 9.84 Å². The highest BCUT2D eigenvalue weighted by molar-refractivity contribution is 7.91. The smallest absolute Gasteiger partial charge is 0.150 e. The van der Waals surface area contributed by atoms with Crippen molar-refractivity contribution in [2.24, 2.45) is 5.92 Å². The molecule has 1 saturated heterocycles. The Morgan fingerprint density at radius 3 is 2.73 bits per heavy atom. The molecular weight excluding hydrogens is 210 g/mol. The normalized spacial score (nSPS) is 25.6. The molecule has 1 heterocycles. The van der Waals surface area contributed by atoms with Crippen molar-refractivity contribution < 1.29 is 8.42 Å². The van der Waals surface area contributed by atoms with Crippen LogP contribution >= 0.6 is 0 Å². The topological polar surface area (TPSA) is 46.2 Å². The van der Waals surface area contributed by atoms with Crippen LogP contribution in [0, 0.1) is 17.8 Å². The molecule has 15 heavy (non-hydrogen) atoms. The van der Waals surface area contributed by atoms with E-state index in [1.807, 2.05) is 14.0 Å². The van der Waals surface area contributed by atoms with E-state index in [1.54, 1.807) is 0 Å². The number of rotatable bonds is 4. The van der Waals surface area contributed by atoms with Crippen LogP contribution in [0.2, 0.25) is 0 Å². The molecule has 4 heteroatoms. The Morgan fingerprint density at radius 1 is 1.53 bits per heavy atom. The summed E-state index contributed by atoms with van der Waals surface area (Å²) < 4.78 is 22.6. The standard InChI is InChI=1S/C11H19NO2S/c1-3-4-5-11(12-2)8-10-6-7-15(13,14)9-10/h10-12H,5-9H2,1-2H3. The molecule has 0 aromatic rings. The SMILES string of the molecule is CC#CCC(CC1CCS(=O)(=O)C1)NC. The summed E-state index contributed by atoms with van der Waals surface area (Å²) in [5.41, 5.74) is 0. The average Bonchev–Trinajstić information content (AvgIpc) is 2.52. The van der Waals surface area contributed by atoms with Crippen molar-refractivity contribution in [3.05, 3.63) is 0 Å². The van der Waals surface area contributed by atoms with Gasteiger partial charge in [-0.15, -0.1) is 11.8 Å². The summed E-state index contributed by atoms with van der Waals surface area (Å²) >= 11 is 0. The van der Waals surface area contributed by atoms with E-state index in [1.165, 1.54) is 0 Å². The largest absolute Gasteiger partial charge is 0.316 e. The van der Waals surface area contributed by atoms with Gasteiger partial charge in [0.1, 0.15) is 0 Å². The average molecular weight is 229 g/mol. The maximum Gasteiger partial charge on any atom is 0.150 e. The van der Waals surface area contributed by atoms with E-state index in [2.05, 4.69) is 17.2 Å². The van der Waals surface area contributed by atoms with Crippen LogP contribution in [0.1, 0.15) is 26.2 Å². The van der Waals surface area contributed by atoms with Gasteiger partial charge in [-0.25, -0.2) is 8.42 Å². The Labute approximate surface area is 92.6 Å². The molecule has 0 spiro atoms. The van der Waals surface area contributed by atoms with Crippen LogP contribution < -0.4 is 5.32 Å². The van der Waals surface area contributed by atoms with E-state index in [9.17, 15) is 8.42 Å². The van der Waals surface area contributed by atoms with Crippen LogP contribution in [0.15, 0.2) is 0 Å². The van der Waals surface area contributed by atoms with Gasteiger partial charge in [-0.2, -0.15) is 0 Å². The van der Waals surface area contributed by atoms with Crippen LogP contribution in [-0.4, -0.2) is 33.0 Å². The van der Waals surface area contributed by atoms with Crippen molar-refractivity contribution in [3.8, 4) is 11.8 Å². The van der Waals surface area contributed by atoms with Gasteiger partial charge in [0, 0.05) is 12.5 Å². The van der Waals surface area contributed by atoms with Crippen molar-refractivity contribution in [1.29, 1.82) is 0 Å². The summed E-state index contributed by atoms with van der Waals surface area (Å²) in [6.45, 7) is 1.83. The quantitative estimate of drug-likeness (QED) is 0.726. The monoisotopic (exact) mass is 229 g/mol. The Kier molecular flexibility index (Phi) is 4.62. The van der Waals surface area contributed by atoms with Gasteiger partial charge in [0.25, 0.3) is 0 Å². The number of sulfone groups is 1. The maximum atomic E-state index is 11.3. The van der Waals surface area contributed by atoms with E-state index in [4.69, 9.17) is 0 Å². The fraction of sp³-hybridized carbons (Fsp3) is 0.818. The summed E-state index contributed by atoms with van der Waals surface area (Å²) in [6, 6.07) is 0.329. The van der Waals surface area contributed by atoms with Crippen molar-refractivity contribution in [2.45, 2.75) is 32.2 Å². The van der Waals surface area contributed by atoms with Crippen molar-refractivity contribution in [1.82, 2.24) is 5.32 Å².